The maximum absolute atomic E-state index is 5.64. The highest BCUT2D eigenvalue weighted by molar-refractivity contribution is 5.38. The molecule has 0 fully saturated rings. The minimum Gasteiger partial charge on any atom is -0.398 e. The van der Waals surface area contributed by atoms with Gasteiger partial charge in [-0.3, -0.25) is 4.90 Å². The van der Waals surface area contributed by atoms with Gasteiger partial charge in [-0.25, -0.2) is 0 Å². The van der Waals surface area contributed by atoms with E-state index in [9.17, 15) is 0 Å². The molecule has 0 saturated carbocycles. The van der Waals surface area contributed by atoms with Gasteiger partial charge in [-0.2, -0.15) is 0 Å². The topological polar surface area (TPSA) is 29.3 Å². The van der Waals surface area contributed by atoms with Crippen molar-refractivity contribution in [1.29, 1.82) is 0 Å². The van der Waals surface area contributed by atoms with Gasteiger partial charge in [-0.15, -0.1) is 0 Å². The maximum atomic E-state index is 5.64. The first-order valence-corrected chi connectivity index (χ1v) is 4.75. The summed E-state index contributed by atoms with van der Waals surface area (Å²) in [5.41, 5.74) is 7.54. The van der Waals surface area contributed by atoms with E-state index in [2.05, 4.69) is 30.9 Å². The molecule has 0 bridgehead atoms. The summed E-state index contributed by atoms with van der Waals surface area (Å²) in [5, 5.41) is 0. The van der Waals surface area contributed by atoms with Crippen LogP contribution in [0, 0.1) is 6.07 Å². The molecule has 0 aliphatic heterocycles. The molecule has 13 heavy (non-hydrogen) atoms. The summed E-state index contributed by atoms with van der Waals surface area (Å²) in [4.78, 5) is 2.34. The van der Waals surface area contributed by atoms with Crippen LogP contribution in [0.3, 0.4) is 0 Å². The van der Waals surface area contributed by atoms with Gasteiger partial charge < -0.3 is 5.73 Å². The van der Waals surface area contributed by atoms with Crippen molar-refractivity contribution in [2.24, 2.45) is 0 Å². The standard InChI is InChI=1S/C11H17N2/c1-3-13(4-2)9-10-6-5-7-11(12)8-10/h5-7H,3-4,9,12H2,1-2H3. The zero-order chi connectivity index (χ0) is 9.68. The van der Waals surface area contributed by atoms with E-state index in [4.69, 9.17) is 5.73 Å². The summed E-state index contributed by atoms with van der Waals surface area (Å²) in [6.07, 6.45) is 0. The lowest BCUT2D eigenvalue weighted by Crippen LogP contribution is -2.22. The Bertz CT molecular complexity index is 254. The third-order valence-corrected chi connectivity index (χ3v) is 2.17. The molecule has 2 heteroatoms. The molecule has 0 aliphatic carbocycles. The van der Waals surface area contributed by atoms with Crippen LogP contribution in [0.5, 0.6) is 0 Å². The number of nitrogen functional groups attached to an aromatic ring is 1. The van der Waals surface area contributed by atoms with Gasteiger partial charge in [0.2, 0.25) is 0 Å². The summed E-state index contributed by atoms with van der Waals surface area (Å²) >= 11 is 0. The molecule has 0 atom stereocenters. The van der Waals surface area contributed by atoms with E-state index in [1.807, 2.05) is 12.1 Å². The van der Waals surface area contributed by atoms with Gasteiger partial charge in [0.1, 0.15) is 0 Å². The molecule has 0 amide bonds. The van der Waals surface area contributed by atoms with Crippen LogP contribution >= 0.6 is 0 Å². The Morgan fingerprint density at radius 2 is 2.00 bits per heavy atom. The van der Waals surface area contributed by atoms with E-state index in [1.165, 1.54) is 5.56 Å². The largest absolute Gasteiger partial charge is 0.398 e. The van der Waals surface area contributed by atoms with Gasteiger partial charge in [-0.1, -0.05) is 26.0 Å². The van der Waals surface area contributed by atoms with Crippen LogP contribution < -0.4 is 5.73 Å². The van der Waals surface area contributed by atoms with Gasteiger partial charge in [-0.05, 0) is 24.7 Å². The van der Waals surface area contributed by atoms with Crippen molar-refractivity contribution in [3.05, 3.63) is 29.8 Å². The molecular formula is C11H17N2. The van der Waals surface area contributed by atoms with E-state index in [1.54, 1.807) is 0 Å². The second kappa shape index (κ2) is 4.87. The van der Waals surface area contributed by atoms with Gasteiger partial charge >= 0.3 is 0 Å². The summed E-state index contributed by atoms with van der Waals surface area (Å²) < 4.78 is 0. The fourth-order valence-electron chi connectivity index (χ4n) is 1.32. The van der Waals surface area contributed by atoms with Crippen molar-refractivity contribution in [2.75, 3.05) is 18.8 Å². The Balaban J connectivity index is 2.62. The average Bonchev–Trinajstić information content (AvgIpc) is 2.14. The number of nitrogens with two attached hydrogens (primary N) is 1. The number of hydrogen-bond donors (Lipinski definition) is 1. The Hall–Kier alpha value is -1.02. The van der Waals surface area contributed by atoms with Gasteiger partial charge in [0.25, 0.3) is 0 Å². The molecular weight excluding hydrogens is 160 g/mol. The fourth-order valence-corrected chi connectivity index (χ4v) is 1.32. The minimum atomic E-state index is 0.727. The first kappa shape index (κ1) is 10.1. The molecule has 71 valence electrons. The molecule has 0 saturated heterocycles. The molecule has 0 aromatic heterocycles. The monoisotopic (exact) mass is 177 g/mol. The number of nitrogens with zero attached hydrogens (tertiary/aromatic N) is 1. The summed E-state index contributed by atoms with van der Waals surface area (Å²) in [7, 11) is 0. The van der Waals surface area contributed by atoms with Crippen LogP contribution in [0.25, 0.3) is 0 Å². The van der Waals surface area contributed by atoms with E-state index in [0.29, 0.717) is 0 Å². The van der Waals surface area contributed by atoms with E-state index < -0.39 is 0 Å². The second-order valence-electron chi connectivity index (χ2n) is 3.09. The zero-order valence-electron chi connectivity index (χ0n) is 8.38. The number of benzene rings is 1. The SMILES string of the molecule is CCN(CC)Cc1[c]c(N)ccc1. The predicted octanol–water partition coefficient (Wildman–Crippen LogP) is 1.91. The van der Waals surface area contributed by atoms with Crippen molar-refractivity contribution in [3.63, 3.8) is 0 Å². The third kappa shape index (κ3) is 3.07. The highest BCUT2D eigenvalue weighted by Crippen LogP contribution is 2.07. The van der Waals surface area contributed by atoms with E-state index >= 15 is 0 Å². The van der Waals surface area contributed by atoms with Crippen LogP contribution in [0.4, 0.5) is 5.69 Å². The molecule has 2 nitrogen and oxygen atoms in total. The number of hydrogen-bond acceptors (Lipinski definition) is 2. The molecule has 1 aromatic carbocycles. The van der Waals surface area contributed by atoms with Crippen LogP contribution in [0.2, 0.25) is 0 Å². The molecule has 0 heterocycles. The van der Waals surface area contributed by atoms with Crippen molar-refractivity contribution in [2.45, 2.75) is 20.4 Å². The summed E-state index contributed by atoms with van der Waals surface area (Å²) in [6, 6.07) is 9.05. The quantitative estimate of drug-likeness (QED) is 0.712. The molecule has 1 radical (unpaired) electrons. The first-order valence-electron chi connectivity index (χ1n) is 4.75. The Kier molecular flexibility index (Phi) is 3.77. The maximum Gasteiger partial charge on any atom is 0.0397 e. The average molecular weight is 177 g/mol. The van der Waals surface area contributed by atoms with Crippen LogP contribution in [0.15, 0.2) is 18.2 Å². The lowest BCUT2D eigenvalue weighted by atomic mass is 10.2. The number of rotatable bonds is 4. The lowest BCUT2D eigenvalue weighted by Gasteiger charge is -2.17. The highest BCUT2D eigenvalue weighted by atomic mass is 15.1. The van der Waals surface area contributed by atoms with Gasteiger partial charge in [0.05, 0.1) is 0 Å². The third-order valence-electron chi connectivity index (χ3n) is 2.17. The number of anilines is 1. The van der Waals surface area contributed by atoms with Crippen LogP contribution in [0.1, 0.15) is 19.4 Å². The Morgan fingerprint density at radius 3 is 2.54 bits per heavy atom. The predicted molar refractivity (Wildman–Crippen MR) is 56.3 cm³/mol. The van der Waals surface area contributed by atoms with E-state index in [-0.39, 0.29) is 0 Å². The smallest absolute Gasteiger partial charge is 0.0397 e. The van der Waals surface area contributed by atoms with E-state index in [0.717, 1.165) is 25.3 Å². The second-order valence-corrected chi connectivity index (χ2v) is 3.09. The molecule has 0 aliphatic rings. The first-order chi connectivity index (χ1) is 6.26. The van der Waals surface area contributed by atoms with Crippen molar-refractivity contribution in [1.82, 2.24) is 4.90 Å². The van der Waals surface area contributed by atoms with Crippen LogP contribution in [-0.2, 0) is 6.54 Å². The Morgan fingerprint density at radius 1 is 1.31 bits per heavy atom. The Labute approximate surface area is 80.4 Å². The molecule has 0 spiro atoms. The fraction of sp³-hybridized carbons (Fsp3) is 0.455. The molecule has 0 unspecified atom stereocenters. The molecule has 2 N–H and O–H groups in total. The van der Waals surface area contributed by atoms with Crippen molar-refractivity contribution >= 4 is 5.69 Å². The van der Waals surface area contributed by atoms with Crippen molar-refractivity contribution in [3.8, 4) is 0 Å². The minimum absolute atomic E-state index is 0.727. The zero-order valence-corrected chi connectivity index (χ0v) is 8.38. The van der Waals surface area contributed by atoms with Gasteiger partial charge in [0, 0.05) is 18.3 Å². The van der Waals surface area contributed by atoms with Crippen molar-refractivity contribution < 1.29 is 0 Å². The molecule has 1 rings (SSSR count). The van der Waals surface area contributed by atoms with Crippen LogP contribution in [-0.4, -0.2) is 18.0 Å². The lowest BCUT2D eigenvalue weighted by molar-refractivity contribution is 0.296. The normalized spacial score (nSPS) is 10.7. The summed E-state index contributed by atoms with van der Waals surface area (Å²) in [5.74, 6) is 0. The van der Waals surface area contributed by atoms with Gasteiger partial charge in [0.15, 0.2) is 0 Å². The highest BCUT2D eigenvalue weighted by Gasteiger charge is 2.00. The molecule has 1 aromatic rings. The summed E-state index contributed by atoms with van der Waals surface area (Å²) in [6.45, 7) is 7.40.